The fraction of sp³-hybridized carbons (Fsp3) is 0.259. The van der Waals surface area contributed by atoms with E-state index in [9.17, 15) is 9.59 Å². The number of benzene rings is 3. The van der Waals surface area contributed by atoms with E-state index >= 15 is 0 Å². The van der Waals surface area contributed by atoms with Gasteiger partial charge in [0.15, 0.2) is 0 Å². The van der Waals surface area contributed by atoms with Gasteiger partial charge in [-0.3, -0.25) is 9.59 Å². The van der Waals surface area contributed by atoms with E-state index in [0.29, 0.717) is 12.8 Å². The molecule has 0 aliphatic carbocycles. The van der Waals surface area contributed by atoms with Crippen LogP contribution in [0.2, 0.25) is 0 Å². The molecule has 0 spiro atoms. The third kappa shape index (κ3) is 4.37. The van der Waals surface area contributed by atoms with Gasteiger partial charge in [-0.05, 0) is 54.3 Å². The molecule has 2 amide bonds. The summed E-state index contributed by atoms with van der Waals surface area (Å²) >= 11 is 0. The van der Waals surface area contributed by atoms with Crippen molar-refractivity contribution in [3.05, 3.63) is 90.0 Å². The fourth-order valence-electron chi connectivity index (χ4n) is 4.42. The first-order valence-electron chi connectivity index (χ1n) is 11.0. The van der Waals surface area contributed by atoms with Gasteiger partial charge in [-0.1, -0.05) is 55.5 Å². The summed E-state index contributed by atoms with van der Waals surface area (Å²) in [6, 6.07) is 24.7. The highest BCUT2D eigenvalue weighted by Gasteiger charge is 2.41. The Morgan fingerprint density at radius 2 is 1.69 bits per heavy atom. The predicted molar refractivity (Wildman–Crippen MR) is 127 cm³/mol. The van der Waals surface area contributed by atoms with Crippen molar-refractivity contribution < 1.29 is 14.3 Å². The zero-order valence-electron chi connectivity index (χ0n) is 18.5. The van der Waals surface area contributed by atoms with Gasteiger partial charge in [0.1, 0.15) is 5.75 Å². The number of amides is 2. The lowest BCUT2D eigenvalue weighted by Crippen LogP contribution is -2.47. The average molecular weight is 429 g/mol. The minimum absolute atomic E-state index is 0.0158. The van der Waals surface area contributed by atoms with Crippen LogP contribution in [-0.4, -0.2) is 18.9 Å². The number of carbonyl (C=O) groups is 2. The highest BCUT2D eigenvalue weighted by Crippen LogP contribution is 2.41. The van der Waals surface area contributed by atoms with E-state index < -0.39 is 0 Å². The Labute approximate surface area is 189 Å². The Balaban J connectivity index is 1.72. The van der Waals surface area contributed by atoms with Gasteiger partial charge in [-0.2, -0.15) is 0 Å². The molecule has 2 unspecified atom stereocenters. The second-order valence-corrected chi connectivity index (χ2v) is 7.96. The van der Waals surface area contributed by atoms with Gasteiger partial charge >= 0.3 is 0 Å². The van der Waals surface area contributed by atoms with Gasteiger partial charge in [0, 0.05) is 17.8 Å². The molecule has 3 aromatic carbocycles. The van der Waals surface area contributed by atoms with Crippen molar-refractivity contribution in [2.24, 2.45) is 5.92 Å². The van der Waals surface area contributed by atoms with Crippen molar-refractivity contribution in [1.82, 2.24) is 0 Å². The third-order valence-electron chi connectivity index (χ3n) is 6.08. The van der Waals surface area contributed by atoms with Gasteiger partial charge in [-0.15, -0.1) is 0 Å². The van der Waals surface area contributed by atoms with Gasteiger partial charge in [0.05, 0.1) is 19.1 Å². The van der Waals surface area contributed by atoms with Crippen molar-refractivity contribution in [3.8, 4) is 5.75 Å². The smallest absolute Gasteiger partial charge is 0.229 e. The molecule has 5 heteroatoms. The minimum atomic E-state index is -0.389. The molecule has 5 nitrogen and oxygen atoms in total. The molecule has 0 aromatic heterocycles. The van der Waals surface area contributed by atoms with Crippen molar-refractivity contribution in [2.45, 2.75) is 32.2 Å². The van der Waals surface area contributed by atoms with Crippen LogP contribution in [0.1, 0.15) is 36.9 Å². The number of carbonyl (C=O) groups excluding carboxylic acids is 2. The summed E-state index contributed by atoms with van der Waals surface area (Å²) in [6.07, 6.45) is 1.66. The number of hydrogen-bond acceptors (Lipinski definition) is 3. The van der Waals surface area contributed by atoms with E-state index in [1.807, 2.05) is 78.9 Å². The van der Waals surface area contributed by atoms with Crippen LogP contribution in [0.25, 0.3) is 0 Å². The highest BCUT2D eigenvalue weighted by molar-refractivity contribution is 6.00. The van der Waals surface area contributed by atoms with Gasteiger partial charge in [0.25, 0.3) is 0 Å². The van der Waals surface area contributed by atoms with Crippen molar-refractivity contribution in [3.63, 3.8) is 0 Å². The number of ether oxygens (including phenoxy) is 1. The van der Waals surface area contributed by atoms with Gasteiger partial charge in [-0.25, -0.2) is 0 Å². The Bertz CT molecular complexity index is 1080. The maximum absolute atomic E-state index is 13.5. The lowest BCUT2D eigenvalue weighted by atomic mass is 9.83. The molecule has 32 heavy (non-hydrogen) atoms. The molecule has 0 bridgehead atoms. The Kier molecular flexibility index (Phi) is 6.55. The monoisotopic (exact) mass is 428 g/mol. The Morgan fingerprint density at radius 3 is 2.38 bits per heavy atom. The van der Waals surface area contributed by atoms with Gasteiger partial charge < -0.3 is 15.0 Å². The fourth-order valence-corrected chi connectivity index (χ4v) is 4.42. The number of para-hydroxylation sites is 1. The van der Waals surface area contributed by atoms with Crippen molar-refractivity contribution in [2.75, 3.05) is 17.3 Å². The van der Waals surface area contributed by atoms with E-state index in [2.05, 4.69) is 12.2 Å². The number of anilines is 2. The van der Waals surface area contributed by atoms with Crippen LogP contribution in [-0.2, 0) is 16.0 Å². The normalized spacial score (nSPS) is 18.3. The maximum Gasteiger partial charge on any atom is 0.229 e. The molecule has 1 fully saturated rings. The number of nitrogens with one attached hydrogen (secondary N) is 1. The highest BCUT2D eigenvalue weighted by atomic mass is 16.5. The molecular formula is C27H28N2O3. The summed E-state index contributed by atoms with van der Waals surface area (Å²) in [6.45, 7) is 2.07. The van der Waals surface area contributed by atoms with Gasteiger partial charge in [0.2, 0.25) is 11.8 Å². The van der Waals surface area contributed by atoms with Crippen LogP contribution in [0, 0.1) is 5.92 Å². The van der Waals surface area contributed by atoms with E-state index in [1.54, 1.807) is 12.0 Å². The molecule has 0 radical (unpaired) electrons. The minimum Gasteiger partial charge on any atom is -0.497 e. The van der Waals surface area contributed by atoms with E-state index in [1.165, 1.54) is 0 Å². The summed E-state index contributed by atoms with van der Waals surface area (Å²) < 4.78 is 5.27. The van der Waals surface area contributed by atoms with Crippen molar-refractivity contribution >= 4 is 23.2 Å². The van der Waals surface area contributed by atoms with Crippen LogP contribution in [0.3, 0.4) is 0 Å². The topological polar surface area (TPSA) is 58.6 Å². The summed E-state index contributed by atoms with van der Waals surface area (Å²) in [4.78, 5) is 28.4. The lowest BCUT2D eigenvalue weighted by molar-refractivity contribution is -0.125. The SMILES string of the molecule is CCc1ccccc1NC(=O)C1CCC(=O)N(c2ccc(OC)cc2)C1c1ccccc1. The third-order valence-corrected chi connectivity index (χ3v) is 6.08. The zero-order valence-corrected chi connectivity index (χ0v) is 18.5. The Hall–Kier alpha value is -3.60. The molecule has 1 saturated heterocycles. The molecule has 0 saturated carbocycles. The molecule has 164 valence electrons. The first kappa shape index (κ1) is 21.6. The zero-order chi connectivity index (χ0) is 22.5. The standard InChI is InChI=1S/C27H28N2O3/c1-3-19-9-7-8-12-24(19)28-27(31)23-17-18-25(30)29(21-13-15-22(32-2)16-14-21)26(23)20-10-5-4-6-11-20/h4-16,23,26H,3,17-18H2,1-2H3,(H,28,31). The summed E-state index contributed by atoms with van der Waals surface area (Å²) in [7, 11) is 1.61. The number of rotatable bonds is 6. The summed E-state index contributed by atoms with van der Waals surface area (Å²) in [5, 5.41) is 3.14. The summed E-state index contributed by atoms with van der Waals surface area (Å²) in [5.74, 6) is 0.301. The second kappa shape index (κ2) is 9.69. The Morgan fingerprint density at radius 1 is 1.00 bits per heavy atom. The van der Waals surface area contributed by atoms with Crippen LogP contribution < -0.4 is 15.0 Å². The molecular weight excluding hydrogens is 400 g/mol. The van der Waals surface area contributed by atoms with Crippen LogP contribution >= 0.6 is 0 Å². The molecule has 1 aliphatic heterocycles. The molecule has 1 heterocycles. The number of methoxy groups -OCH3 is 1. The maximum atomic E-state index is 13.5. The first-order chi connectivity index (χ1) is 15.6. The van der Waals surface area contributed by atoms with E-state index in [4.69, 9.17) is 4.74 Å². The number of hydrogen-bond donors (Lipinski definition) is 1. The van der Waals surface area contributed by atoms with E-state index in [-0.39, 0.29) is 23.8 Å². The van der Waals surface area contributed by atoms with Crippen LogP contribution in [0.5, 0.6) is 5.75 Å². The number of nitrogens with zero attached hydrogens (tertiary/aromatic N) is 1. The summed E-state index contributed by atoms with van der Waals surface area (Å²) in [5.41, 5.74) is 3.63. The second-order valence-electron chi connectivity index (χ2n) is 7.96. The largest absolute Gasteiger partial charge is 0.497 e. The molecule has 2 atom stereocenters. The van der Waals surface area contributed by atoms with E-state index in [0.717, 1.165) is 34.7 Å². The molecule has 1 aliphatic rings. The predicted octanol–water partition coefficient (Wildman–Crippen LogP) is 5.38. The average Bonchev–Trinajstić information content (AvgIpc) is 2.84. The van der Waals surface area contributed by atoms with Crippen molar-refractivity contribution in [1.29, 1.82) is 0 Å². The quantitative estimate of drug-likeness (QED) is 0.573. The molecule has 1 N–H and O–H groups in total. The lowest BCUT2D eigenvalue weighted by Gasteiger charge is -2.41. The number of aryl methyl sites for hydroxylation is 1. The van der Waals surface area contributed by atoms with Crippen LogP contribution in [0.15, 0.2) is 78.9 Å². The molecule has 4 rings (SSSR count). The van der Waals surface area contributed by atoms with Crippen LogP contribution in [0.4, 0.5) is 11.4 Å². The molecule has 3 aromatic rings. The number of piperidine rings is 1. The first-order valence-corrected chi connectivity index (χ1v) is 11.0.